The average molecular weight is 189 g/mol. The molecular weight excluding hydrogens is 183 g/mol. The van der Waals surface area contributed by atoms with Gasteiger partial charge in [0.05, 0.1) is 5.56 Å². The zero-order valence-corrected chi connectivity index (χ0v) is 8.29. The smallest absolute Gasteiger partial charge is 0.335 e. The van der Waals surface area contributed by atoms with Crippen molar-refractivity contribution in [2.45, 2.75) is 0 Å². The molecule has 0 atom stereocenters. The number of carboxylic acid groups (broad SMARTS) is 1. The molecule has 1 rings (SSSR count). The van der Waals surface area contributed by atoms with Gasteiger partial charge in [-0.15, -0.1) is 0 Å². The second-order valence-electron chi connectivity index (χ2n) is 1.54. The van der Waals surface area contributed by atoms with E-state index in [1.54, 1.807) is 0 Å². The number of aromatic carboxylic acids is 1. The van der Waals surface area contributed by atoms with Crippen molar-refractivity contribution in [3.63, 3.8) is 0 Å². The van der Waals surface area contributed by atoms with Gasteiger partial charge < -0.3 is 5.11 Å². The number of aromatic nitrogens is 1. The molecule has 0 aliphatic carbocycles. The van der Waals surface area contributed by atoms with Crippen LogP contribution < -0.4 is 0 Å². The second kappa shape index (κ2) is 4.12. The summed E-state index contributed by atoms with van der Waals surface area (Å²) >= 11 is 0. The van der Waals surface area contributed by atoms with Crippen LogP contribution in [-0.4, -0.2) is 16.1 Å². The predicted molar refractivity (Wildman–Crippen MR) is 31.2 cm³/mol. The van der Waals surface area contributed by atoms with Gasteiger partial charge in [0.2, 0.25) is 0 Å². The van der Waals surface area contributed by atoms with Crippen LogP contribution in [0.15, 0.2) is 24.5 Å². The van der Waals surface area contributed by atoms with E-state index < -0.39 is 5.97 Å². The molecule has 3 nitrogen and oxygen atoms in total. The van der Waals surface area contributed by atoms with E-state index in [2.05, 4.69) is 4.98 Å². The Bertz CT molecular complexity index is 212. The van der Waals surface area contributed by atoms with E-state index in [0.717, 1.165) is 0 Å². The minimum absolute atomic E-state index is 0. The molecule has 0 fully saturated rings. The van der Waals surface area contributed by atoms with Crippen LogP contribution in [0.2, 0.25) is 0 Å². The monoisotopic (exact) mass is 187 g/mol. The quantitative estimate of drug-likeness (QED) is 0.663. The third kappa shape index (κ3) is 2.23. The molecule has 0 radical (unpaired) electrons. The van der Waals surface area contributed by atoms with E-state index in [9.17, 15) is 4.79 Å². The summed E-state index contributed by atoms with van der Waals surface area (Å²) in [5.74, 6) is -0.919. The van der Waals surface area contributed by atoms with Crippen LogP contribution in [0.1, 0.15) is 10.4 Å². The van der Waals surface area contributed by atoms with Crippen molar-refractivity contribution >= 4 is 5.97 Å². The Hall–Kier alpha value is -0.757. The number of carboxylic acids is 1. The van der Waals surface area contributed by atoms with Crippen molar-refractivity contribution in [2.24, 2.45) is 0 Å². The van der Waals surface area contributed by atoms with Crippen molar-refractivity contribution < 1.29 is 29.4 Å². The summed E-state index contributed by atoms with van der Waals surface area (Å²) in [6.07, 6.45) is 2.90. The maximum atomic E-state index is 10.2. The Morgan fingerprint density at radius 3 is 2.20 bits per heavy atom. The number of rotatable bonds is 1. The predicted octanol–water partition coefficient (Wildman–Crippen LogP) is 0.777. The van der Waals surface area contributed by atoms with Gasteiger partial charge in [-0.05, 0) is 12.1 Å². The Labute approximate surface area is 70.9 Å². The number of pyridine rings is 1. The summed E-state index contributed by atoms with van der Waals surface area (Å²) in [4.78, 5) is 13.8. The van der Waals surface area contributed by atoms with Gasteiger partial charge in [0.1, 0.15) is 0 Å². The van der Waals surface area contributed by atoms with Crippen LogP contribution in [0.25, 0.3) is 0 Å². The van der Waals surface area contributed by atoms with Gasteiger partial charge in [-0.25, -0.2) is 4.79 Å². The normalized spacial score (nSPS) is 8.00. The molecule has 1 heterocycles. The molecule has 0 bridgehead atoms. The van der Waals surface area contributed by atoms with E-state index in [1.165, 1.54) is 24.5 Å². The van der Waals surface area contributed by atoms with Gasteiger partial charge >= 0.3 is 5.97 Å². The summed E-state index contributed by atoms with van der Waals surface area (Å²) in [5.41, 5.74) is 0.269. The van der Waals surface area contributed by atoms with Crippen LogP contribution in [0.4, 0.5) is 0 Å². The molecule has 0 unspecified atom stereocenters. The van der Waals surface area contributed by atoms with E-state index in [4.69, 9.17) is 5.11 Å². The van der Waals surface area contributed by atoms with Crippen molar-refractivity contribution in [2.75, 3.05) is 0 Å². The fourth-order valence-electron chi connectivity index (χ4n) is 0.494. The van der Waals surface area contributed by atoms with Gasteiger partial charge in [0.15, 0.2) is 0 Å². The largest absolute Gasteiger partial charge is 0.478 e. The van der Waals surface area contributed by atoms with Crippen molar-refractivity contribution in [1.82, 2.24) is 4.98 Å². The first kappa shape index (κ1) is 9.24. The number of hydrogen-bond acceptors (Lipinski definition) is 2. The number of hydrogen-bond donors (Lipinski definition) is 1. The minimum Gasteiger partial charge on any atom is -0.478 e. The van der Waals surface area contributed by atoms with Crippen LogP contribution in [0.3, 0.4) is 0 Å². The molecule has 0 spiro atoms. The summed E-state index contributed by atoms with van der Waals surface area (Å²) < 4.78 is 0. The molecule has 10 heavy (non-hydrogen) atoms. The number of nitrogens with zero attached hydrogens (tertiary/aromatic N) is 1. The zero-order valence-electron chi connectivity index (χ0n) is 5.32. The van der Waals surface area contributed by atoms with Crippen molar-refractivity contribution in [1.29, 1.82) is 0 Å². The maximum Gasteiger partial charge on any atom is 0.335 e. The standard InChI is InChI=1S/C6H5NO2.Zn/c8-6(9)5-1-3-7-4-2-5;/h1-4H,(H,8,9);. The molecule has 1 aromatic heterocycles. The SMILES string of the molecule is O=C(O)c1ccncc1.[Zn]. The van der Waals surface area contributed by atoms with Crippen LogP contribution in [-0.2, 0) is 19.5 Å². The van der Waals surface area contributed by atoms with Gasteiger partial charge in [0.25, 0.3) is 0 Å². The molecule has 0 aliphatic heterocycles. The number of carbonyl (C=O) groups is 1. The molecule has 0 saturated heterocycles. The van der Waals surface area contributed by atoms with Crippen molar-refractivity contribution in [3.05, 3.63) is 30.1 Å². The summed E-state index contributed by atoms with van der Waals surface area (Å²) in [5, 5.41) is 8.36. The van der Waals surface area contributed by atoms with Crippen LogP contribution >= 0.6 is 0 Å². The van der Waals surface area contributed by atoms with Crippen LogP contribution in [0.5, 0.6) is 0 Å². The molecule has 1 N–H and O–H groups in total. The summed E-state index contributed by atoms with van der Waals surface area (Å²) in [6, 6.07) is 2.89. The maximum absolute atomic E-state index is 10.2. The molecule has 4 heteroatoms. The summed E-state index contributed by atoms with van der Waals surface area (Å²) in [6.45, 7) is 0. The fourth-order valence-corrected chi connectivity index (χ4v) is 0.494. The minimum atomic E-state index is -0.919. The molecule has 0 amide bonds. The molecular formula is C6H5NO2Zn. The molecule has 1 aromatic rings. The Morgan fingerprint density at radius 1 is 1.40 bits per heavy atom. The Kier molecular flexibility index (Phi) is 3.81. The molecule has 48 valence electrons. The third-order valence-corrected chi connectivity index (χ3v) is 0.927. The fraction of sp³-hybridized carbons (Fsp3) is 0. The average Bonchev–Trinajstić information content (AvgIpc) is 1.90. The second-order valence-corrected chi connectivity index (χ2v) is 1.54. The van der Waals surface area contributed by atoms with Gasteiger partial charge in [-0.2, -0.15) is 0 Å². The first-order chi connectivity index (χ1) is 4.30. The topological polar surface area (TPSA) is 50.2 Å². The first-order valence-corrected chi connectivity index (χ1v) is 2.44. The van der Waals surface area contributed by atoms with Crippen LogP contribution in [0, 0.1) is 0 Å². The van der Waals surface area contributed by atoms with E-state index in [1.807, 2.05) is 0 Å². The zero-order chi connectivity index (χ0) is 6.69. The molecule has 0 aliphatic rings. The van der Waals surface area contributed by atoms with Gasteiger partial charge in [-0.1, -0.05) is 0 Å². The molecule has 0 saturated carbocycles. The third-order valence-electron chi connectivity index (χ3n) is 0.927. The van der Waals surface area contributed by atoms with E-state index >= 15 is 0 Å². The van der Waals surface area contributed by atoms with Gasteiger partial charge in [-0.3, -0.25) is 4.98 Å². The Balaban J connectivity index is 0.000000810. The molecule has 0 aromatic carbocycles. The van der Waals surface area contributed by atoms with Gasteiger partial charge in [0, 0.05) is 31.9 Å². The van der Waals surface area contributed by atoms with E-state index in [-0.39, 0.29) is 25.0 Å². The first-order valence-electron chi connectivity index (χ1n) is 2.44. The van der Waals surface area contributed by atoms with Crippen molar-refractivity contribution in [3.8, 4) is 0 Å². The summed E-state index contributed by atoms with van der Waals surface area (Å²) in [7, 11) is 0. The Morgan fingerprint density at radius 2 is 1.90 bits per heavy atom. The van der Waals surface area contributed by atoms with E-state index in [0.29, 0.717) is 0 Å².